The first-order valence-corrected chi connectivity index (χ1v) is 13.0. The lowest BCUT2D eigenvalue weighted by Gasteiger charge is -2.13. The highest BCUT2D eigenvalue weighted by atomic mass is 35.5. The van der Waals surface area contributed by atoms with E-state index >= 15 is 0 Å². The van der Waals surface area contributed by atoms with Crippen molar-refractivity contribution in [3.63, 3.8) is 0 Å². The van der Waals surface area contributed by atoms with Crippen LogP contribution in [0.25, 0.3) is 0 Å². The minimum Gasteiger partial charge on any atom is -0.481 e. The maximum absolute atomic E-state index is 13.2. The van der Waals surface area contributed by atoms with Crippen LogP contribution in [0, 0.1) is 0 Å². The van der Waals surface area contributed by atoms with Crippen molar-refractivity contribution in [1.29, 1.82) is 0 Å². The third kappa shape index (κ3) is 8.21. The molecule has 0 aliphatic carbocycles. The minimum atomic E-state index is -3.85. The number of hydrogen-bond donors (Lipinski definition) is 2. The third-order valence-electron chi connectivity index (χ3n) is 5.18. The number of para-hydroxylation sites is 1. The van der Waals surface area contributed by atoms with Gasteiger partial charge in [0.1, 0.15) is 10.6 Å². The van der Waals surface area contributed by atoms with Crippen LogP contribution in [0.5, 0.6) is 5.75 Å². The van der Waals surface area contributed by atoms with E-state index in [1.54, 1.807) is 61.5 Å². The number of aliphatic hydroxyl groups is 1. The van der Waals surface area contributed by atoms with Crippen molar-refractivity contribution < 1.29 is 27.8 Å². The lowest BCUT2D eigenvalue weighted by Crippen LogP contribution is -2.23. The van der Waals surface area contributed by atoms with Gasteiger partial charge in [-0.3, -0.25) is 0 Å². The molecule has 0 amide bonds. The molecule has 0 aliphatic rings. The Morgan fingerprint density at radius 1 is 1.06 bits per heavy atom. The number of esters is 1. The van der Waals surface area contributed by atoms with Gasteiger partial charge in [-0.25, -0.2) is 13.2 Å². The van der Waals surface area contributed by atoms with Gasteiger partial charge in [-0.2, -0.15) is 0 Å². The minimum absolute atomic E-state index is 0. The molecule has 0 saturated heterocycles. The van der Waals surface area contributed by atoms with E-state index in [0.717, 1.165) is 11.1 Å². The highest BCUT2D eigenvalue weighted by Crippen LogP contribution is 2.29. The van der Waals surface area contributed by atoms with E-state index in [4.69, 9.17) is 21.1 Å². The second-order valence-corrected chi connectivity index (χ2v) is 10.1. The molecular weight excluding hydrogens is 525 g/mol. The van der Waals surface area contributed by atoms with Gasteiger partial charge in [-0.05, 0) is 67.4 Å². The van der Waals surface area contributed by atoms with Crippen molar-refractivity contribution in [1.82, 2.24) is 5.32 Å². The fraction of sp³-hybridized carbons (Fsp3) is 0.269. The van der Waals surface area contributed by atoms with Gasteiger partial charge in [0.2, 0.25) is 9.84 Å². The standard InChI is InChI=1S/C26H28ClNO6S.ClH/c1-2-33-26(30)18-34-24-8-3-4-9-25(24)35(31,32)22-12-10-19(11-13-22)14-15-28-17-23(29)20-6-5-7-21(27)16-20;/h3-13,16,23,28-29H,2,14-15,17-18H2,1H3;1H/t23-;/m0./s1. The number of carbonyl (C=O) groups excluding carboxylic acids is 1. The number of sulfone groups is 1. The van der Waals surface area contributed by atoms with Crippen LogP contribution in [-0.4, -0.2) is 45.8 Å². The molecule has 1 atom stereocenters. The number of halogens is 2. The maximum Gasteiger partial charge on any atom is 0.344 e. The van der Waals surface area contributed by atoms with Crippen LogP contribution in [0.4, 0.5) is 0 Å². The number of ether oxygens (including phenoxy) is 2. The smallest absolute Gasteiger partial charge is 0.344 e. The SMILES string of the molecule is CCOC(=O)COc1ccccc1S(=O)(=O)c1ccc(CCNC[C@H](O)c2cccc(Cl)c2)cc1.Cl. The van der Waals surface area contributed by atoms with E-state index in [0.29, 0.717) is 24.5 Å². The van der Waals surface area contributed by atoms with Crippen molar-refractivity contribution in [3.8, 4) is 5.75 Å². The Balaban J connectivity index is 0.00000456. The lowest BCUT2D eigenvalue weighted by molar-refractivity contribution is -0.145. The van der Waals surface area contributed by atoms with Crippen LogP contribution in [0.2, 0.25) is 5.02 Å². The number of nitrogens with one attached hydrogen (secondary N) is 1. The van der Waals surface area contributed by atoms with E-state index in [-0.39, 0.29) is 41.2 Å². The maximum atomic E-state index is 13.2. The molecule has 0 aromatic heterocycles. The van der Waals surface area contributed by atoms with E-state index in [9.17, 15) is 18.3 Å². The fourth-order valence-electron chi connectivity index (χ4n) is 3.40. The summed E-state index contributed by atoms with van der Waals surface area (Å²) in [4.78, 5) is 11.7. The van der Waals surface area contributed by atoms with Crippen LogP contribution in [0.3, 0.4) is 0 Å². The van der Waals surface area contributed by atoms with Crippen LogP contribution in [-0.2, 0) is 25.8 Å². The summed E-state index contributed by atoms with van der Waals surface area (Å²) in [6.07, 6.45) is -0.0192. The first kappa shape index (κ1) is 29.6. The van der Waals surface area contributed by atoms with Crippen LogP contribution < -0.4 is 10.1 Å². The first-order chi connectivity index (χ1) is 16.8. The number of benzene rings is 3. The molecule has 0 spiro atoms. The molecule has 7 nitrogen and oxygen atoms in total. The molecule has 3 aromatic rings. The number of hydrogen-bond acceptors (Lipinski definition) is 7. The molecule has 10 heteroatoms. The molecular formula is C26H29Cl2NO6S. The van der Waals surface area contributed by atoms with Gasteiger partial charge >= 0.3 is 5.97 Å². The zero-order valence-corrected chi connectivity index (χ0v) is 22.1. The quantitative estimate of drug-likeness (QED) is 0.253. The molecule has 194 valence electrons. The summed E-state index contributed by atoms with van der Waals surface area (Å²) >= 11 is 5.96. The summed E-state index contributed by atoms with van der Waals surface area (Å²) in [7, 11) is -3.85. The van der Waals surface area contributed by atoms with Crippen LogP contribution in [0.1, 0.15) is 24.2 Å². The Kier molecular flexibility index (Phi) is 11.7. The van der Waals surface area contributed by atoms with Crippen molar-refractivity contribution >= 4 is 39.8 Å². The summed E-state index contributed by atoms with van der Waals surface area (Å²) in [5.41, 5.74) is 1.69. The Morgan fingerprint density at radius 2 is 1.78 bits per heavy atom. The van der Waals surface area contributed by atoms with Gasteiger partial charge in [0.05, 0.1) is 17.6 Å². The molecule has 0 aliphatic heterocycles. The molecule has 0 saturated carbocycles. The Labute approximate surface area is 222 Å². The summed E-state index contributed by atoms with van der Waals surface area (Å²) in [5, 5.41) is 14.0. The van der Waals surface area contributed by atoms with Crippen molar-refractivity contribution in [3.05, 3.63) is 88.9 Å². The number of carbonyl (C=O) groups is 1. The average Bonchev–Trinajstić information content (AvgIpc) is 2.86. The topological polar surface area (TPSA) is 102 Å². The highest BCUT2D eigenvalue weighted by molar-refractivity contribution is 7.91. The van der Waals surface area contributed by atoms with Gasteiger partial charge in [0.25, 0.3) is 0 Å². The van der Waals surface area contributed by atoms with E-state index in [1.165, 1.54) is 12.1 Å². The zero-order valence-electron chi connectivity index (χ0n) is 19.7. The summed E-state index contributed by atoms with van der Waals surface area (Å²) in [6, 6.07) is 19.9. The van der Waals surface area contributed by atoms with Crippen LogP contribution in [0.15, 0.2) is 82.6 Å². The van der Waals surface area contributed by atoms with E-state index in [2.05, 4.69) is 5.32 Å². The third-order valence-corrected chi connectivity index (χ3v) is 7.23. The predicted octanol–water partition coefficient (Wildman–Crippen LogP) is 4.40. The van der Waals surface area contributed by atoms with Crippen molar-refractivity contribution in [2.75, 3.05) is 26.3 Å². The average molecular weight is 554 g/mol. The lowest BCUT2D eigenvalue weighted by atomic mass is 10.1. The van der Waals surface area contributed by atoms with Crippen molar-refractivity contribution in [2.45, 2.75) is 29.2 Å². The largest absolute Gasteiger partial charge is 0.481 e. The second-order valence-electron chi connectivity index (χ2n) is 7.71. The Bertz CT molecular complexity index is 1240. The molecule has 2 N–H and O–H groups in total. The highest BCUT2D eigenvalue weighted by Gasteiger charge is 2.22. The molecule has 36 heavy (non-hydrogen) atoms. The molecule has 3 rings (SSSR count). The Hall–Kier alpha value is -2.62. The van der Waals surface area contributed by atoms with E-state index in [1.807, 2.05) is 6.07 Å². The monoisotopic (exact) mass is 553 g/mol. The Morgan fingerprint density at radius 3 is 2.47 bits per heavy atom. The van der Waals surface area contributed by atoms with Gasteiger partial charge in [-0.1, -0.05) is 48.0 Å². The molecule has 0 heterocycles. The molecule has 3 aromatic carbocycles. The van der Waals surface area contributed by atoms with Gasteiger partial charge < -0.3 is 19.9 Å². The van der Waals surface area contributed by atoms with Gasteiger partial charge in [-0.15, -0.1) is 12.4 Å². The molecule has 0 radical (unpaired) electrons. The number of rotatable bonds is 12. The summed E-state index contributed by atoms with van der Waals surface area (Å²) in [5.74, 6) is -0.482. The van der Waals surface area contributed by atoms with Crippen molar-refractivity contribution in [2.24, 2.45) is 0 Å². The zero-order chi connectivity index (χ0) is 25.3. The fourth-order valence-corrected chi connectivity index (χ4v) is 4.99. The number of aliphatic hydroxyl groups excluding tert-OH is 1. The summed E-state index contributed by atoms with van der Waals surface area (Å²) < 4.78 is 36.6. The molecule has 0 fully saturated rings. The summed E-state index contributed by atoms with van der Waals surface area (Å²) in [6.45, 7) is 2.49. The normalized spacial score (nSPS) is 11.9. The van der Waals surface area contributed by atoms with Crippen LogP contribution >= 0.6 is 24.0 Å². The van der Waals surface area contributed by atoms with Gasteiger partial charge in [0, 0.05) is 11.6 Å². The van der Waals surface area contributed by atoms with Gasteiger partial charge in [0.15, 0.2) is 6.61 Å². The molecule has 0 unspecified atom stereocenters. The van der Waals surface area contributed by atoms with E-state index < -0.39 is 21.9 Å². The predicted molar refractivity (Wildman–Crippen MR) is 141 cm³/mol. The second kappa shape index (κ2) is 14.2. The molecule has 0 bridgehead atoms. The first-order valence-electron chi connectivity index (χ1n) is 11.2.